The van der Waals surface area contributed by atoms with Crippen molar-refractivity contribution in [1.29, 1.82) is 0 Å². The average Bonchev–Trinajstić information content (AvgIpc) is 3.65. The van der Waals surface area contributed by atoms with Crippen LogP contribution < -0.4 is 14.8 Å². The van der Waals surface area contributed by atoms with E-state index >= 15 is 0 Å². The minimum Gasteiger partial charge on any atom is -0.490 e. The molecule has 1 saturated carbocycles. The molecule has 202 valence electrons. The van der Waals surface area contributed by atoms with Gasteiger partial charge in [0.25, 0.3) is 0 Å². The Balaban J connectivity index is 0.000000182. The molecule has 2 aromatic rings. The van der Waals surface area contributed by atoms with Crippen LogP contribution in [0.5, 0.6) is 11.5 Å². The number of nitrogens with one attached hydrogen (secondary N) is 1. The van der Waals surface area contributed by atoms with Crippen molar-refractivity contribution >= 4 is 0 Å². The first-order valence-corrected chi connectivity index (χ1v) is 14.6. The van der Waals surface area contributed by atoms with Gasteiger partial charge in [0.05, 0.1) is 19.3 Å². The Morgan fingerprint density at radius 1 is 0.838 bits per heavy atom. The second-order valence-electron chi connectivity index (χ2n) is 11.3. The van der Waals surface area contributed by atoms with Gasteiger partial charge in [-0.3, -0.25) is 0 Å². The Morgan fingerprint density at radius 3 is 2.24 bits per heavy atom. The highest BCUT2D eigenvalue weighted by molar-refractivity contribution is 5.43. The lowest BCUT2D eigenvalue weighted by atomic mass is 9.94. The molecule has 0 amide bonds. The van der Waals surface area contributed by atoms with Crippen molar-refractivity contribution in [2.45, 2.75) is 76.9 Å². The van der Waals surface area contributed by atoms with E-state index in [0.717, 1.165) is 75.7 Å². The second-order valence-corrected chi connectivity index (χ2v) is 11.3. The van der Waals surface area contributed by atoms with Crippen LogP contribution in [-0.4, -0.2) is 45.6 Å². The smallest absolute Gasteiger partial charge is 0.124 e. The molecule has 6 rings (SSSR count). The van der Waals surface area contributed by atoms with Gasteiger partial charge in [-0.05, 0) is 105 Å². The Labute approximate surface area is 223 Å². The Kier molecular flexibility index (Phi) is 9.78. The van der Waals surface area contributed by atoms with E-state index in [1.807, 2.05) is 0 Å². The third-order valence-corrected chi connectivity index (χ3v) is 8.28. The van der Waals surface area contributed by atoms with Crippen LogP contribution in [0.1, 0.15) is 74.2 Å². The maximum absolute atomic E-state index is 6.29. The molecule has 0 aromatic heterocycles. The van der Waals surface area contributed by atoms with Crippen LogP contribution in [0.25, 0.3) is 0 Å². The zero-order valence-corrected chi connectivity index (χ0v) is 22.6. The third kappa shape index (κ3) is 7.72. The summed E-state index contributed by atoms with van der Waals surface area (Å²) in [6.45, 7) is 8.22. The van der Waals surface area contributed by atoms with Crippen LogP contribution in [-0.2, 0) is 15.9 Å². The number of aryl methyl sites for hydroxylation is 2. The summed E-state index contributed by atoms with van der Waals surface area (Å²) in [5.41, 5.74) is 3.90. The van der Waals surface area contributed by atoms with Gasteiger partial charge in [-0.25, -0.2) is 0 Å². The van der Waals surface area contributed by atoms with E-state index in [2.05, 4.69) is 54.7 Å². The molecule has 0 radical (unpaired) electrons. The number of rotatable bonds is 7. The molecule has 5 nitrogen and oxygen atoms in total. The molecule has 0 spiro atoms. The number of hydrogen-bond acceptors (Lipinski definition) is 5. The van der Waals surface area contributed by atoms with Gasteiger partial charge in [-0.2, -0.15) is 0 Å². The summed E-state index contributed by atoms with van der Waals surface area (Å²) in [6, 6.07) is 14.9. The lowest BCUT2D eigenvalue weighted by Gasteiger charge is -2.28. The summed E-state index contributed by atoms with van der Waals surface area (Å²) in [7, 11) is 0. The highest BCUT2D eigenvalue weighted by Gasteiger charge is 2.24. The van der Waals surface area contributed by atoms with Gasteiger partial charge in [0.15, 0.2) is 0 Å². The zero-order valence-electron chi connectivity index (χ0n) is 22.6. The van der Waals surface area contributed by atoms with Crippen LogP contribution in [0.4, 0.5) is 0 Å². The molecule has 3 unspecified atom stereocenters. The van der Waals surface area contributed by atoms with E-state index in [-0.39, 0.29) is 6.10 Å². The molecule has 0 bridgehead atoms. The summed E-state index contributed by atoms with van der Waals surface area (Å²) in [4.78, 5) is 0. The first kappa shape index (κ1) is 26.5. The fourth-order valence-electron chi connectivity index (χ4n) is 5.96. The predicted octanol–water partition coefficient (Wildman–Crippen LogP) is 6.42. The number of ether oxygens (including phenoxy) is 4. The molecular weight excluding hydrogens is 462 g/mol. The first-order valence-electron chi connectivity index (χ1n) is 14.6. The molecule has 2 saturated heterocycles. The molecule has 1 N–H and O–H groups in total. The molecule has 4 aliphatic rings. The maximum atomic E-state index is 6.29. The molecule has 3 aliphatic heterocycles. The molecular formula is C32H45NO4. The van der Waals surface area contributed by atoms with Gasteiger partial charge < -0.3 is 24.3 Å². The Hall–Kier alpha value is -2.08. The fourth-order valence-corrected chi connectivity index (χ4v) is 5.96. The van der Waals surface area contributed by atoms with E-state index < -0.39 is 0 Å². The van der Waals surface area contributed by atoms with Crippen molar-refractivity contribution in [3.8, 4) is 11.5 Å². The van der Waals surface area contributed by atoms with Crippen LogP contribution in [0.3, 0.4) is 0 Å². The molecule has 1 aliphatic carbocycles. The van der Waals surface area contributed by atoms with Crippen LogP contribution in [0.15, 0.2) is 42.5 Å². The largest absolute Gasteiger partial charge is 0.490 e. The van der Waals surface area contributed by atoms with Gasteiger partial charge in [-0.1, -0.05) is 30.7 Å². The Morgan fingerprint density at radius 2 is 1.57 bits per heavy atom. The molecule has 5 heteroatoms. The minimum atomic E-state index is 0.170. The van der Waals surface area contributed by atoms with Crippen molar-refractivity contribution in [3.63, 3.8) is 0 Å². The summed E-state index contributed by atoms with van der Waals surface area (Å²) in [5, 5.41) is 3.51. The quantitative estimate of drug-likeness (QED) is 0.469. The molecule has 3 heterocycles. The predicted molar refractivity (Wildman–Crippen MR) is 148 cm³/mol. The van der Waals surface area contributed by atoms with E-state index in [0.29, 0.717) is 6.10 Å². The van der Waals surface area contributed by atoms with Crippen LogP contribution in [0.2, 0.25) is 0 Å². The monoisotopic (exact) mass is 507 g/mol. The molecule has 3 atom stereocenters. The lowest BCUT2D eigenvalue weighted by Crippen LogP contribution is -2.28. The minimum absolute atomic E-state index is 0.170. The second kappa shape index (κ2) is 13.6. The summed E-state index contributed by atoms with van der Waals surface area (Å²) in [6.07, 6.45) is 11.5. The highest BCUT2D eigenvalue weighted by atomic mass is 16.5. The number of hydrogen-bond donors (Lipinski definition) is 1. The van der Waals surface area contributed by atoms with Gasteiger partial charge in [0.1, 0.15) is 17.6 Å². The van der Waals surface area contributed by atoms with E-state index in [9.17, 15) is 0 Å². The van der Waals surface area contributed by atoms with E-state index in [4.69, 9.17) is 18.9 Å². The van der Waals surface area contributed by atoms with Crippen molar-refractivity contribution in [3.05, 3.63) is 59.2 Å². The van der Waals surface area contributed by atoms with Crippen molar-refractivity contribution in [2.75, 3.05) is 39.5 Å². The summed E-state index contributed by atoms with van der Waals surface area (Å²) >= 11 is 0. The van der Waals surface area contributed by atoms with Crippen LogP contribution >= 0.6 is 0 Å². The lowest BCUT2D eigenvalue weighted by molar-refractivity contribution is 0.152. The van der Waals surface area contributed by atoms with Gasteiger partial charge in [-0.15, -0.1) is 0 Å². The number of benzene rings is 2. The van der Waals surface area contributed by atoms with Crippen molar-refractivity contribution in [2.24, 2.45) is 11.8 Å². The Bertz CT molecular complexity index is 945. The van der Waals surface area contributed by atoms with Crippen molar-refractivity contribution in [1.82, 2.24) is 5.32 Å². The fraction of sp³-hybridized carbons (Fsp3) is 0.625. The molecule has 37 heavy (non-hydrogen) atoms. The normalized spacial score (nSPS) is 25.6. The molecule has 3 fully saturated rings. The standard InChI is InChI=1S/C22H26O2.C10H19NO2/c1-16-7-5-6-10-20(16)22-13-11-17-15-19(12-14-21(17)24-22)23-18-8-3-2-4-9-18;1-3-12-7-9(1)5-11-6-10-2-4-13-8-10/h5-7,10,12,14-15,18,22H,2-4,8-9,11,13H2,1H3;9-11H,1-8H2. The van der Waals surface area contributed by atoms with E-state index in [1.165, 1.54) is 61.6 Å². The van der Waals surface area contributed by atoms with Crippen molar-refractivity contribution < 1.29 is 18.9 Å². The van der Waals surface area contributed by atoms with Gasteiger partial charge in [0.2, 0.25) is 0 Å². The molecule has 2 aromatic carbocycles. The van der Waals surface area contributed by atoms with Gasteiger partial charge in [0, 0.05) is 26.3 Å². The topological polar surface area (TPSA) is 49.0 Å². The summed E-state index contributed by atoms with van der Waals surface area (Å²) < 4.78 is 23.1. The zero-order chi connectivity index (χ0) is 25.3. The number of fused-ring (bicyclic) bond motifs is 1. The SMILES string of the molecule is C1CC(CNCC2CCOC2)CO1.Cc1ccccc1C1CCc2cc(OC3CCCCC3)ccc2O1. The highest BCUT2D eigenvalue weighted by Crippen LogP contribution is 2.38. The van der Waals surface area contributed by atoms with Crippen LogP contribution in [0, 0.1) is 18.8 Å². The maximum Gasteiger partial charge on any atom is 0.124 e. The summed E-state index contributed by atoms with van der Waals surface area (Å²) in [5.74, 6) is 3.54. The average molecular weight is 508 g/mol. The third-order valence-electron chi connectivity index (χ3n) is 8.28. The first-order chi connectivity index (χ1) is 18.2. The van der Waals surface area contributed by atoms with E-state index in [1.54, 1.807) is 0 Å². The van der Waals surface area contributed by atoms with Gasteiger partial charge >= 0.3 is 0 Å².